The number of ketones is 1. The summed E-state index contributed by atoms with van der Waals surface area (Å²) < 4.78 is 6.95. The summed E-state index contributed by atoms with van der Waals surface area (Å²) in [4.78, 5) is 41.5. The molecule has 9 heteroatoms. The van der Waals surface area contributed by atoms with Crippen molar-refractivity contribution in [1.82, 2.24) is 20.3 Å². The third kappa shape index (κ3) is 6.14. The van der Waals surface area contributed by atoms with Gasteiger partial charge in [-0.15, -0.1) is 5.10 Å². The number of anilines is 1. The van der Waals surface area contributed by atoms with Crippen molar-refractivity contribution in [3.05, 3.63) is 83.9 Å². The molecule has 39 heavy (non-hydrogen) atoms. The normalized spacial score (nSPS) is 12.1. The summed E-state index contributed by atoms with van der Waals surface area (Å²) >= 11 is 0. The van der Waals surface area contributed by atoms with Crippen LogP contribution in [0.3, 0.4) is 0 Å². The number of fused-ring (bicyclic) bond motifs is 1. The Morgan fingerprint density at radius 2 is 1.74 bits per heavy atom. The fourth-order valence-electron chi connectivity index (χ4n) is 4.25. The molecule has 1 heterocycles. The van der Waals surface area contributed by atoms with Gasteiger partial charge >= 0.3 is 0 Å². The van der Waals surface area contributed by atoms with E-state index < -0.39 is 11.6 Å². The summed E-state index contributed by atoms with van der Waals surface area (Å²) in [6.07, 6.45) is 0.690. The van der Waals surface area contributed by atoms with Crippen molar-refractivity contribution in [3.8, 4) is 5.75 Å². The second-order valence-corrected chi connectivity index (χ2v) is 10.0. The van der Waals surface area contributed by atoms with Crippen LogP contribution >= 0.6 is 0 Å². The number of benzene rings is 3. The predicted octanol–water partition coefficient (Wildman–Crippen LogP) is 4.72. The third-order valence-electron chi connectivity index (χ3n) is 6.79. The first-order valence-electron chi connectivity index (χ1n) is 12.8. The van der Waals surface area contributed by atoms with Crippen LogP contribution in [0.1, 0.15) is 56.1 Å². The SMILES string of the molecule is CCC(C)(C)NC(=O)C(c1cccc(OC)c1)N(C(=O)Cn1nnc2ccccc21)c1ccc(C(C)=O)cc1. The maximum atomic E-state index is 14.1. The van der Waals surface area contributed by atoms with E-state index in [4.69, 9.17) is 4.74 Å². The van der Waals surface area contributed by atoms with Gasteiger partial charge in [0.1, 0.15) is 23.9 Å². The van der Waals surface area contributed by atoms with Gasteiger partial charge in [0.2, 0.25) is 11.8 Å². The lowest BCUT2D eigenvalue weighted by atomic mass is 9.98. The predicted molar refractivity (Wildman–Crippen MR) is 150 cm³/mol. The van der Waals surface area contributed by atoms with Gasteiger partial charge < -0.3 is 10.1 Å². The fraction of sp³-hybridized carbons (Fsp3) is 0.300. The van der Waals surface area contributed by atoms with Crippen molar-refractivity contribution >= 4 is 34.3 Å². The van der Waals surface area contributed by atoms with Crippen LogP contribution in [0.2, 0.25) is 0 Å². The molecular formula is C30H33N5O4. The van der Waals surface area contributed by atoms with Crippen molar-refractivity contribution in [2.45, 2.75) is 52.2 Å². The molecule has 0 fully saturated rings. The smallest absolute Gasteiger partial charge is 0.249 e. The number of methoxy groups -OCH3 is 1. The molecule has 0 aliphatic carbocycles. The zero-order chi connectivity index (χ0) is 28.2. The van der Waals surface area contributed by atoms with E-state index in [0.29, 0.717) is 40.0 Å². The minimum atomic E-state index is -1.03. The topological polar surface area (TPSA) is 106 Å². The molecule has 0 saturated heterocycles. The molecule has 0 saturated carbocycles. The average molecular weight is 528 g/mol. The van der Waals surface area contributed by atoms with E-state index in [9.17, 15) is 14.4 Å². The molecule has 0 spiro atoms. The van der Waals surface area contributed by atoms with Gasteiger partial charge in [0.05, 0.1) is 12.6 Å². The second kappa shape index (κ2) is 11.5. The lowest BCUT2D eigenvalue weighted by Gasteiger charge is -2.34. The molecule has 9 nitrogen and oxygen atoms in total. The number of para-hydroxylation sites is 1. The lowest BCUT2D eigenvalue weighted by Crippen LogP contribution is -2.51. The summed E-state index contributed by atoms with van der Waals surface area (Å²) in [5.41, 5.74) is 2.39. The maximum absolute atomic E-state index is 14.1. The van der Waals surface area contributed by atoms with Gasteiger partial charge in [0.15, 0.2) is 5.78 Å². The third-order valence-corrected chi connectivity index (χ3v) is 6.79. The molecule has 1 unspecified atom stereocenters. The van der Waals surface area contributed by atoms with Gasteiger partial charge in [-0.05, 0) is 81.3 Å². The fourth-order valence-corrected chi connectivity index (χ4v) is 4.25. The van der Waals surface area contributed by atoms with Gasteiger partial charge in [-0.2, -0.15) is 0 Å². The van der Waals surface area contributed by atoms with Crippen molar-refractivity contribution in [3.63, 3.8) is 0 Å². The van der Waals surface area contributed by atoms with E-state index in [-0.39, 0.29) is 24.1 Å². The number of rotatable bonds is 10. The molecule has 2 amide bonds. The number of carbonyl (C=O) groups excluding carboxylic acids is 3. The van der Waals surface area contributed by atoms with Crippen LogP contribution in [0.4, 0.5) is 5.69 Å². The number of aromatic nitrogens is 3. The summed E-state index contributed by atoms with van der Waals surface area (Å²) in [5, 5.41) is 11.4. The number of nitrogens with one attached hydrogen (secondary N) is 1. The van der Waals surface area contributed by atoms with Gasteiger partial charge in [-0.1, -0.05) is 36.4 Å². The van der Waals surface area contributed by atoms with Crippen molar-refractivity contribution < 1.29 is 19.1 Å². The summed E-state index contributed by atoms with van der Waals surface area (Å²) in [6, 6.07) is 20.1. The average Bonchev–Trinajstić information content (AvgIpc) is 3.34. The first-order chi connectivity index (χ1) is 18.6. The number of nitrogens with zero attached hydrogens (tertiary/aromatic N) is 4. The minimum absolute atomic E-state index is 0.0969. The van der Waals surface area contributed by atoms with E-state index in [1.807, 2.05) is 45.0 Å². The van der Waals surface area contributed by atoms with E-state index in [1.165, 1.54) is 16.5 Å². The second-order valence-electron chi connectivity index (χ2n) is 10.0. The Morgan fingerprint density at radius 1 is 1.03 bits per heavy atom. The summed E-state index contributed by atoms with van der Waals surface area (Å²) in [6.45, 7) is 7.18. The van der Waals surface area contributed by atoms with Crippen LogP contribution in [0.15, 0.2) is 72.8 Å². The van der Waals surface area contributed by atoms with Crippen LogP contribution in [0.5, 0.6) is 5.75 Å². The maximum Gasteiger partial charge on any atom is 0.249 e. The Balaban J connectivity index is 1.85. The Morgan fingerprint density at radius 3 is 2.41 bits per heavy atom. The van der Waals surface area contributed by atoms with Crippen LogP contribution in [0, 0.1) is 0 Å². The Bertz CT molecular complexity index is 1490. The van der Waals surface area contributed by atoms with Gasteiger partial charge in [-0.3, -0.25) is 19.3 Å². The zero-order valence-electron chi connectivity index (χ0n) is 22.8. The largest absolute Gasteiger partial charge is 0.497 e. The minimum Gasteiger partial charge on any atom is -0.497 e. The Labute approximate surface area is 227 Å². The lowest BCUT2D eigenvalue weighted by molar-refractivity contribution is -0.128. The van der Waals surface area contributed by atoms with E-state index >= 15 is 0 Å². The Kier molecular flexibility index (Phi) is 8.09. The molecule has 202 valence electrons. The molecule has 4 aromatic rings. The number of carbonyl (C=O) groups is 3. The molecule has 1 aromatic heterocycles. The number of ether oxygens (including phenoxy) is 1. The highest BCUT2D eigenvalue weighted by molar-refractivity contribution is 6.02. The van der Waals surface area contributed by atoms with Gasteiger partial charge in [0.25, 0.3) is 0 Å². The van der Waals surface area contributed by atoms with E-state index in [2.05, 4.69) is 15.6 Å². The van der Waals surface area contributed by atoms with Crippen LogP contribution in [0.25, 0.3) is 11.0 Å². The molecule has 0 aliphatic rings. The molecule has 1 atom stereocenters. The van der Waals surface area contributed by atoms with Crippen molar-refractivity contribution in [1.29, 1.82) is 0 Å². The number of amides is 2. The van der Waals surface area contributed by atoms with Gasteiger partial charge in [0, 0.05) is 16.8 Å². The first-order valence-corrected chi connectivity index (χ1v) is 12.8. The monoisotopic (exact) mass is 527 g/mol. The zero-order valence-corrected chi connectivity index (χ0v) is 22.8. The first kappa shape index (κ1) is 27.5. The molecule has 0 aliphatic heterocycles. The number of hydrogen-bond acceptors (Lipinski definition) is 6. The van der Waals surface area contributed by atoms with E-state index in [1.54, 1.807) is 55.6 Å². The molecule has 0 radical (unpaired) electrons. The molecular weight excluding hydrogens is 494 g/mol. The molecule has 4 rings (SSSR count). The Hall–Kier alpha value is -4.53. The van der Waals surface area contributed by atoms with Crippen LogP contribution in [-0.4, -0.2) is 45.2 Å². The van der Waals surface area contributed by atoms with Crippen LogP contribution in [-0.2, 0) is 16.1 Å². The summed E-state index contributed by atoms with van der Waals surface area (Å²) in [5.74, 6) is -0.261. The van der Waals surface area contributed by atoms with Gasteiger partial charge in [-0.25, -0.2) is 4.68 Å². The van der Waals surface area contributed by atoms with Crippen molar-refractivity contribution in [2.75, 3.05) is 12.0 Å². The molecule has 3 aromatic carbocycles. The highest BCUT2D eigenvalue weighted by Crippen LogP contribution is 2.31. The van der Waals surface area contributed by atoms with Crippen molar-refractivity contribution in [2.24, 2.45) is 0 Å². The standard InChI is InChI=1S/C30H33N5O4/c1-6-30(3,4)31-29(38)28(22-10-9-11-24(18-22)39-5)35(23-16-14-21(15-17-23)20(2)36)27(37)19-34-26-13-8-7-12-25(26)32-33-34/h7-18,28H,6,19H2,1-5H3,(H,31,38). The van der Waals surface area contributed by atoms with Crippen LogP contribution < -0.4 is 15.0 Å². The highest BCUT2D eigenvalue weighted by Gasteiger charge is 2.35. The number of Topliss-reactive ketones (excluding diaryl/α,β-unsaturated/α-hetero) is 1. The van der Waals surface area contributed by atoms with E-state index in [0.717, 1.165) is 0 Å². The highest BCUT2D eigenvalue weighted by atomic mass is 16.5. The molecule has 0 bridgehead atoms. The molecule has 1 N–H and O–H groups in total. The number of hydrogen-bond donors (Lipinski definition) is 1. The summed E-state index contributed by atoms with van der Waals surface area (Å²) in [7, 11) is 1.55. The quantitative estimate of drug-likeness (QED) is 0.299.